The van der Waals surface area contributed by atoms with E-state index in [2.05, 4.69) is 48.1 Å². The summed E-state index contributed by atoms with van der Waals surface area (Å²) in [5.41, 5.74) is 0. The summed E-state index contributed by atoms with van der Waals surface area (Å²) in [5.74, 6) is 0.771. The highest BCUT2D eigenvalue weighted by atomic mass is 127. The van der Waals surface area contributed by atoms with Crippen LogP contribution in [-0.4, -0.2) is 25.5 Å². The Kier molecular flexibility index (Phi) is 5.95. The summed E-state index contributed by atoms with van der Waals surface area (Å²) in [6.07, 6.45) is 0. The predicted octanol–water partition coefficient (Wildman–Crippen LogP) is 3.10. The molecule has 0 bridgehead atoms. The molecule has 3 nitrogen and oxygen atoms in total. The molecule has 1 rings (SSSR count). The molecular formula is C12H18INO2S2. The molecule has 0 amide bonds. The summed E-state index contributed by atoms with van der Waals surface area (Å²) in [6, 6.07) is 6.83. The zero-order valence-corrected chi connectivity index (χ0v) is 14.5. The van der Waals surface area contributed by atoms with E-state index >= 15 is 0 Å². The molecule has 0 unspecified atom stereocenters. The van der Waals surface area contributed by atoms with Crippen LogP contribution in [-0.2, 0) is 10.0 Å². The third kappa shape index (κ3) is 5.90. The molecule has 0 aliphatic heterocycles. The fraction of sp³-hybridized carbons (Fsp3) is 0.500. The van der Waals surface area contributed by atoms with Crippen molar-refractivity contribution in [1.29, 1.82) is 0 Å². The van der Waals surface area contributed by atoms with Crippen molar-refractivity contribution >= 4 is 44.4 Å². The van der Waals surface area contributed by atoms with E-state index in [1.165, 1.54) is 0 Å². The third-order valence-electron chi connectivity index (χ3n) is 2.05. The maximum Gasteiger partial charge on any atom is 0.240 e. The number of sulfonamides is 1. The maximum absolute atomic E-state index is 11.9. The van der Waals surface area contributed by atoms with Gasteiger partial charge in [-0.15, -0.1) is 0 Å². The van der Waals surface area contributed by atoms with Crippen LogP contribution in [0.5, 0.6) is 0 Å². The van der Waals surface area contributed by atoms with E-state index in [9.17, 15) is 8.42 Å². The first kappa shape index (κ1) is 16.3. The molecule has 0 radical (unpaired) electrons. The standard InChI is InChI=1S/C12H18INO2S2/c1-12(2,3)17-9-8-14-18(15,16)11-6-4-10(13)5-7-11/h4-7,14H,8-9H2,1-3H3. The average Bonchev–Trinajstić information content (AvgIpc) is 2.24. The lowest BCUT2D eigenvalue weighted by Gasteiger charge is -2.17. The number of hydrogen-bond donors (Lipinski definition) is 1. The summed E-state index contributed by atoms with van der Waals surface area (Å²) in [6.45, 7) is 6.80. The van der Waals surface area contributed by atoms with Gasteiger partial charge in [0, 0.05) is 20.6 Å². The van der Waals surface area contributed by atoms with Crippen molar-refractivity contribution in [2.24, 2.45) is 0 Å². The lowest BCUT2D eigenvalue weighted by Crippen LogP contribution is -2.27. The number of nitrogens with one attached hydrogen (secondary N) is 1. The summed E-state index contributed by atoms with van der Waals surface area (Å²) in [7, 11) is -3.36. The minimum atomic E-state index is -3.36. The van der Waals surface area contributed by atoms with Gasteiger partial charge < -0.3 is 0 Å². The number of rotatable bonds is 5. The molecule has 1 N–H and O–H groups in total. The Labute approximate surface area is 127 Å². The fourth-order valence-corrected chi connectivity index (χ4v) is 3.57. The molecular weight excluding hydrogens is 381 g/mol. The highest BCUT2D eigenvalue weighted by molar-refractivity contribution is 14.1. The zero-order valence-electron chi connectivity index (χ0n) is 10.7. The van der Waals surface area contributed by atoms with E-state index in [1.54, 1.807) is 36.0 Å². The largest absolute Gasteiger partial charge is 0.240 e. The number of benzene rings is 1. The van der Waals surface area contributed by atoms with Crippen LogP contribution in [0.3, 0.4) is 0 Å². The first-order chi connectivity index (χ1) is 8.21. The summed E-state index contributed by atoms with van der Waals surface area (Å²) in [5, 5.41) is 0. The molecule has 0 spiro atoms. The van der Waals surface area contributed by atoms with Crippen molar-refractivity contribution in [3.63, 3.8) is 0 Å². The monoisotopic (exact) mass is 399 g/mol. The summed E-state index contributed by atoms with van der Waals surface area (Å²) >= 11 is 3.89. The van der Waals surface area contributed by atoms with Crippen LogP contribution in [0.1, 0.15) is 20.8 Å². The van der Waals surface area contributed by atoms with Gasteiger partial charge in [0.05, 0.1) is 4.90 Å². The summed E-state index contributed by atoms with van der Waals surface area (Å²) < 4.78 is 27.7. The normalized spacial score (nSPS) is 12.7. The van der Waals surface area contributed by atoms with Crippen molar-refractivity contribution in [2.45, 2.75) is 30.4 Å². The molecule has 0 atom stereocenters. The van der Waals surface area contributed by atoms with Crippen LogP contribution >= 0.6 is 34.4 Å². The van der Waals surface area contributed by atoms with Gasteiger partial charge in [0.15, 0.2) is 0 Å². The lowest BCUT2D eigenvalue weighted by atomic mass is 10.3. The molecule has 1 aromatic carbocycles. The highest BCUT2D eigenvalue weighted by Crippen LogP contribution is 2.22. The number of halogens is 1. The van der Waals surface area contributed by atoms with Crippen LogP contribution in [0.15, 0.2) is 29.2 Å². The van der Waals surface area contributed by atoms with Crippen LogP contribution in [0.2, 0.25) is 0 Å². The minimum absolute atomic E-state index is 0.161. The number of hydrogen-bond acceptors (Lipinski definition) is 3. The molecule has 6 heteroatoms. The van der Waals surface area contributed by atoms with Gasteiger partial charge in [-0.25, -0.2) is 13.1 Å². The van der Waals surface area contributed by atoms with Crippen molar-refractivity contribution in [3.05, 3.63) is 27.8 Å². The third-order valence-corrected chi connectivity index (χ3v) is 5.52. The van der Waals surface area contributed by atoms with Crippen molar-refractivity contribution < 1.29 is 8.42 Å². The Hall–Kier alpha value is 0.210. The quantitative estimate of drug-likeness (QED) is 0.612. The second kappa shape index (κ2) is 6.58. The molecule has 0 aromatic heterocycles. The van der Waals surface area contributed by atoms with Gasteiger partial charge in [0.1, 0.15) is 0 Å². The van der Waals surface area contributed by atoms with E-state index in [0.717, 1.165) is 9.32 Å². The van der Waals surface area contributed by atoms with Gasteiger partial charge in [-0.2, -0.15) is 11.8 Å². The van der Waals surface area contributed by atoms with E-state index < -0.39 is 10.0 Å². The van der Waals surface area contributed by atoms with E-state index in [4.69, 9.17) is 0 Å². The van der Waals surface area contributed by atoms with E-state index in [0.29, 0.717) is 11.4 Å². The number of thioether (sulfide) groups is 1. The predicted molar refractivity (Wildman–Crippen MR) is 86.6 cm³/mol. The van der Waals surface area contributed by atoms with Crippen molar-refractivity contribution in [2.75, 3.05) is 12.3 Å². The first-order valence-electron chi connectivity index (χ1n) is 5.60. The Morgan fingerprint density at radius 3 is 2.28 bits per heavy atom. The van der Waals surface area contributed by atoms with Crippen LogP contribution in [0, 0.1) is 3.57 Å². The van der Waals surface area contributed by atoms with Crippen LogP contribution in [0.4, 0.5) is 0 Å². The van der Waals surface area contributed by atoms with Crippen molar-refractivity contribution in [3.8, 4) is 0 Å². The second-order valence-corrected chi connectivity index (χ2v) is 9.75. The highest BCUT2D eigenvalue weighted by Gasteiger charge is 2.14. The van der Waals surface area contributed by atoms with Gasteiger partial charge in [-0.3, -0.25) is 0 Å². The van der Waals surface area contributed by atoms with Crippen LogP contribution < -0.4 is 4.72 Å². The average molecular weight is 399 g/mol. The maximum atomic E-state index is 11.9. The Morgan fingerprint density at radius 2 is 1.78 bits per heavy atom. The molecule has 0 fully saturated rings. The molecule has 0 aliphatic rings. The Balaban J connectivity index is 2.53. The smallest absolute Gasteiger partial charge is 0.210 e. The zero-order chi connectivity index (χ0) is 13.8. The van der Waals surface area contributed by atoms with Crippen LogP contribution in [0.25, 0.3) is 0 Å². The van der Waals surface area contributed by atoms with Gasteiger partial charge in [-0.1, -0.05) is 20.8 Å². The Bertz CT molecular complexity index is 478. The molecule has 0 saturated carbocycles. The lowest BCUT2D eigenvalue weighted by molar-refractivity contribution is 0.584. The van der Waals surface area contributed by atoms with E-state index in [-0.39, 0.29) is 4.75 Å². The second-order valence-electron chi connectivity index (χ2n) is 4.81. The SMILES string of the molecule is CC(C)(C)SCCNS(=O)(=O)c1ccc(I)cc1. The van der Waals surface area contributed by atoms with Gasteiger partial charge >= 0.3 is 0 Å². The summed E-state index contributed by atoms with van der Waals surface area (Å²) in [4.78, 5) is 0.323. The minimum Gasteiger partial charge on any atom is -0.210 e. The molecule has 0 aliphatic carbocycles. The van der Waals surface area contributed by atoms with E-state index in [1.807, 2.05) is 0 Å². The molecule has 0 saturated heterocycles. The topological polar surface area (TPSA) is 46.2 Å². The molecule has 1 aromatic rings. The first-order valence-corrected chi connectivity index (χ1v) is 9.15. The Morgan fingerprint density at radius 1 is 1.22 bits per heavy atom. The molecule has 0 heterocycles. The molecule has 18 heavy (non-hydrogen) atoms. The van der Waals surface area contributed by atoms with Crippen molar-refractivity contribution in [1.82, 2.24) is 4.72 Å². The van der Waals surface area contributed by atoms with Gasteiger partial charge in [-0.05, 0) is 46.9 Å². The fourth-order valence-electron chi connectivity index (χ4n) is 1.23. The molecule has 102 valence electrons. The van der Waals surface area contributed by atoms with Gasteiger partial charge in [0.25, 0.3) is 0 Å². The van der Waals surface area contributed by atoms with Gasteiger partial charge in [0.2, 0.25) is 10.0 Å².